The van der Waals surface area contributed by atoms with Crippen molar-refractivity contribution in [2.24, 2.45) is 0 Å². The second-order valence-corrected chi connectivity index (χ2v) is 7.23. The van der Waals surface area contributed by atoms with Gasteiger partial charge in [0.15, 0.2) is 0 Å². The predicted octanol–water partition coefficient (Wildman–Crippen LogP) is 4.77. The molecule has 0 saturated heterocycles. The fourth-order valence-corrected chi connectivity index (χ4v) is 3.89. The molecule has 0 heterocycles. The highest BCUT2D eigenvalue weighted by Gasteiger charge is 2.16. The molecule has 0 amide bonds. The maximum Gasteiger partial charge on any atom is 0.147 e. The minimum absolute atomic E-state index is 0.122. The van der Waals surface area contributed by atoms with Crippen molar-refractivity contribution in [3.8, 4) is 0 Å². The van der Waals surface area contributed by atoms with Crippen LogP contribution in [0, 0.1) is 5.82 Å². The summed E-state index contributed by atoms with van der Waals surface area (Å²) in [4.78, 5) is 11.9. The third kappa shape index (κ3) is 4.92. The molecule has 104 valence electrons. The van der Waals surface area contributed by atoms with Crippen LogP contribution in [0.2, 0.25) is 0 Å². The molecule has 1 fully saturated rings. The standard InChI is InChI=1S/C15H18BrFOS/c16-12-7-6-11(15(17)9-12)8-13(18)10-19-14-4-2-1-3-5-14/h6-7,9,14H,1-5,8,10H2. The molecule has 1 nitrogen and oxygen atoms in total. The Balaban J connectivity index is 1.80. The fraction of sp³-hybridized carbons (Fsp3) is 0.533. The largest absolute Gasteiger partial charge is 0.298 e. The number of carbonyl (C=O) groups excluding carboxylic acids is 1. The average Bonchev–Trinajstić information content (AvgIpc) is 2.41. The van der Waals surface area contributed by atoms with Gasteiger partial charge in [0.1, 0.15) is 11.6 Å². The Morgan fingerprint density at radius 1 is 1.32 bits per heavy atom. The lowest BCUT2D eigenvalue weighted by molar-refractivity contribution is -0.116. The van der Waals surface area contributed by atoms with E-state index in [1.165, 1.54) is 38.2 Å². The van der Waals surface area contributed by atoms with Gasteiger partial charge in [0.25, 0.3) is 0 Å². The lowest BCUT2D eigenvalue weighted by atomic mass is 10.0. The topological polar surface area (TPSA) is 17.1 Å². The van der Waals surface area contributed by atoms with Gasteiger partial charge in [-0.2, -0.15) is 11.8 Å². The smallest absolute Gasteiger partial charge is 0.147 e. The van der Waals surface area contributed by atoms with E-state index in [2.05, 4.69) is 15.9 Å². The van der Waals surface area contributed by atoms with Gasteiger partial charge in [-0.1, -0.05) is 41.3 Å². The van der Waals surface area contributed by atoms with E-state index >= 15 is 0 Å². The van der Waals surface area contributed by atoms with E-state index in [4.69, 9.17) is 0 Å². The summed E-state index contributed by atoms with van der Waals surface area (Å²) in [5.41, 5.74) is 0.498. The number of hydrogen-bond donors (Lipinski definition) is 0. The van der Waals surface area contributed by atoms with E-state index in [0.29, 0.717) is 21.0 Å². The molecule has 4 heteroatoms. The maximum atomic E-state index is 13.6. The molecule has 1 aliphatic carbocycles. The highest BCUT2D eigenvalue weighted by atomic mass is 79.9. The SMILES string of the molecule is O=C(CSC1CCCCC1)Cc1ccc(Br)cc1F. The van der Waals surface area contributed by atoms with Gasteiger partial charge in [-0.3, -0.25) is 4.79 Å². The normalized spacial score (nSPS) is 16.5. The van der Waals surface area contributed by atoms with Gasteiger partial charge < -0.3 is 0 Å². The summed E-state index contributed by atoms with van der Waals surface area (Å²) in [5, 5.41) is 0.632. The second-order valence-electron chi connectivity index (χ2n) is 5.02. The molecule has 0 N–H and O–H groups in total. The van der Waals surface area contributed by atoms with Crippen molar-refractivity contribution in [2.75, 3.05) is 5.75 Å². The quantitative estimate of drug-likeness (QED) is 0.765. The first kappa shape index (κ1) is 15.0. The lowest BCUT2D eigenvalue weighted by Crippen LogP contribution is -2.13. The van der Waals surface area contributed by atoms with Crippen molar-refractivity contribution in [1.82, 2.24) is 0 Å². The Hall–Kier alpha value is -0.350. The Bertz CT molecular complexity index is 444. The van der Waals surface area contributed by atoms with Crippen LogP contribution >= 0.6 is 27.7 Å². The first-order chi connectivity index (χ1) is 9.15. The molecule has 1 aromatic carbocycles. The number of carbonyl (C=O) groups is 1. The van der Waals surface area contributed by atoms with Gasteiger partial charge in [0.05, 0.1) is 5.75 Å². The highest BCUT2D eigenvalue weighted by molar-refractivity contribution is 9.10. The highest BCUT2D eigenvalue weighted by Crippen LogP contribution is 2.28. The van der Waals surface area contributed by atoms with E-state index in [9.17, 15) is 9.18 Å². The number of thioether (sulfide) groups is 1. The monoisotopic (exact) mass is 344 g/mol. The minimum atomic E-state index is -0.301. The van der Waals surface area contributed by atoms with Gasteiger partial charge in [0.2, 0.25) is 0 Å². The number of hydrogen-bond acceptors (Lipinski definition) is 2. The van der Waals surface area contributed by atoms with Crippen LogP contribution in [-0.2, 0) is 11.2 Å². The molecule has 1 saturated carbocycles. The van der Waals surface area contributed by atoms with Crippen LogP contribution < -0.4 is 0 Å². The summed E-state index contributed by atoms with van der Waals surface area (Å²) in [6.07, 6.45) is 6.56. The third-order valence-corrected chi connectivity index (χ3v) is 5.36. The van der Waals surface area contributed by atoms with Gasteiger partial charge in [0, 0.05) is 16.1 Å². The molecule has 0 spiro atoms. The van der Waals surface area contributed by atoms with Crippen LogP contribution in [-0.4, -0.2) is 16.8 Å². The molecular weight excluding hydrogens is 327 g/mol. The maximum absolute atomic E-state index is 13.6. The predicted molar refractivity (Wildman–Crippen MR) is 82.1 cm³/mol. The van der Waals surface area contributed by atoms with Crippen molar-refractivity contribution >= 4 is 33.5 Å². The molecule has 0 unspecified atom stereocenters. The second kappa shape index (κ2) is 7.44. The zero-order valence-electron chi connectivity index (χ0n) is 10.8. The number of benzene rings is 1. The summed E-state index contributed by atoms with van der Waals surface area (Å²) < 4.78 is 14.3. The van der Waals surface area contributed by atoms with Crippen molar-refractivity contribution in [3.63, 3.8) is 0 Å². The number of ketones is 1. The molecule has 1 aromatic rings. The number of halogens is 2. The van der Waals surface area contributed by atoms with Crippen LogP contribution in [0.4, 0.5) is 4.39 Å². The van der Waals surface area contributed by atoms with Crippen LogP contribution in [0.15, 0.2) is 22.7 Å². The molecule has 0 aliphatic heterocycles. The van der Waals surface area contributed by atoms with Gasteiger partial charge in [-0.25, -0.2) is 4.39 Å². The zero-order chi connectivity index (χ0) is 13.7. The Morgan fingerprint density at radius 3 is 2.74 bits per heavy atom. The molecule has 0 atom stereocenters. The number of rotatable bonds is 5. The van der Waals surface area contributed by atoms with Crippen molar-refractivity contribution < 1.29 is 9.18 Å². The molecule has 0 aromatic heterocycles. The van der Waals surface area contributed by atoms with E-state index in [-0.39, 0.29) is 18.0 Å². The van der Waals surface area contributed by atoms with Gasteiger partial charge in [-0.05, 0) is 30.5 Å². The first-order valence-corrected chi connectivity index (χ1v) is 8.56. The van der Waals surface area contributed by atoms with Crippen molar-refractivity contribution in [3.05, 3.63) is 34.1 Å². The van der Waals surface area contributed by atoms with Crippen LogP contribution in [0.3, 0.4) is 0 Å². The van der Waals surface area contributed by atoms with Crippen LogP contribution in [0.1, 0.15) is 37.7 Å². The molecule has 0 radical (unpaired) electrons. The summed E-state index contributed by atoms with van der Waals surface area (Å²) >= 11 is 4.97. The van der Waals surface area contributed by atoms with E-state index in [1.54, 1.807) is 23.9 Å². The molecule has 1 aliphatic rings. The minimum Gasteiger partial charge on any atom is -0.298 e. The number of Topliss-reactive ketones (excluding diaryl/α,β-unsaturated/α-hetero) is 1. The summed E-state index contributed by atoms with van der Waals surface area (Å²) in [6, 6.07) is 4.87. The fourth-order valence-electron chi connectivity index (χ4n) is 2.37. The Morgan fingerprint density at radius 2 is 2.05 bits per heavy atom. The van der Waals surface area contributed by atoms with Gasteiger partial charge in [-0.15, -0.1) is 0 Å². The average molecular weight is 345 g/mol. The Labute approximate surface area is 126 Å². The van der Waals surface area contributed by atoms with Crippen LogP contribution in [0.25, 0.3) is 0 Å². The molecular formula is C15H18BrFOS. The summed E-state index contributed by atoms with van der Waals surface area (Å²) in [6.45, 7) is 0. The van der Waals surface area contributed by atoms with Crippen molar-refractivity contribution in [1.29, 1.82) is 0 Å². The van der Waals surface area contributed by atoms with E-state index in [0.717, 1.165) is 0 Å². The summed E-state index contributed by atoms with van der Waals surface area (Å²) in [5.74, 6) is 0.336. The zero-order valence-corrected chi connectivity index (χ0v) is 13.2. The molecule has 0 bridgehead atoms. The van der Waals surface area contributed by atoms with Gasteiger partial charge >= 0.3 is 0 Å². The van der Waals surface area contributed by atoms with Crippen molar-refractivity contribution in [2.45, 2.75) is 43.8 Å². The molecule has 19 heavy (non-hydrogen) atoms. The summed E-state index contributed by atoms with van der Waals surface area (Å²) in [7, 11) is 0. The first-order valence-electron chi connectivity index (χ1n) is 6.72. The van der Waals surface area contributed by atoms with E-state index in [1.807, 2.05) is 0 Å². The molecule has 2 rings (SSSR count). The third-order valence-electron chi connectivity index (χ3n) is 3.43. The van der Waals surface area contributed by atoms with E-state index < -0.39 is 0 Å². The Kier molecular flexibility index (Phi) is 5.89. The van der Waals surface area contributed by atoms with Crippen LogP contribution in [0.5, 0.6) is 0 Å². The lowest BCUT2D eigenvalue weighted by Gasteiger charge is -2.20.